The lowest BCUT2D eigenvalue weighted by Gasteiger charge is -2.37. The van der Waals surface area contributed by atoms with E-state index in [9.17, 15) is 9.59 Å². The Morgan fingerprint density at radius 1 is 1.24 bits per heavy atom. The van der Waals surface area contributed by atoms with Crippen LogP contribution in [0.15, 0.2) is 29.2 Å². The molecule has 25 heavy (non-hydrogen) atoms. The number of fused-ring (bicyclic) bond motifs is 1. The summed E-state index contributed by atoms with van der Waals surface area (Å²) >= 11 is 0. The number of furan rings is 1. The molecule has 0 spiro atoms. The number of hydrogen-bond acceptors (Lipinski definition) is 4. The molecule has 3 heterocycles. The average Bonchev–Trinajstić information content (AvgIpc) is 3.32. The van der Waals surface area contributed by atoms with Gasteiger partial charge < -0.3 is 14.2 Å². The summed E-state index contributed by atoms with van der Waals surface area (Å²) in [5.74, 6) is 0.330. The van der Waals surface area contributed by atoms with E-state index < -0.39 is 0 Å². The molecule has 2 aliphatic rings. The van der Waals surface area contributed by atoms with Crippen molar-refractivity contribution < 1.29 is 14.0 Å². The first kappa shape index (κ1) is 15.9. The fourth-order valence-electron chi connectivity index (χ4n) is 3.73. The molecule has 7 heteroatoms. The van der Waals surface area contributed by atoms with Crippen molar-refractivity contribution in [3.8, 4) is 0 Å². The Labute approximate surface area is 146 Å². The molecule has 1 aliphatic carbocycles. The minimum Gasteiger partial charge on any atom is -0.472 e. The number of hydrogen-bond donors (Lipinski definition) is 1. The average molecular weight is 342 g/mol. The van der Waals surface area contributed by atoms with Crippen LogP contribution in [0, 0.1) is 5.92 Å². The van der Waals surface area contributed by atoms with Crippen LogP contribution in [0.4, 0.5) is 0 Å². The predicted octanol–water partition coefficient (Wildman–Crippen LogP) is 1.02. The molecule has 1 fully saturated rings. The number of aryl methyl sites for hydroxylation is 1. The molecule has 0 aromatic carbocycles. The van der Waals surface area contributed by atoms with Crippen molar-refractivity contribution in [1.82, 2.24) is 20.0 Å². The first-order chi connectivity index (χ1) is 12.2. The molecule has 7 nitrogen and oxygen atoms in total. The van der Waals surface area contributed by atoms with E-state index in [1.807, 2.05) is 22.1 Å². The minimum atomic E-state index is 0.0288. The van der Waals surface area contributed by atoms with Gasteiger partial charge in [0, 0.05) is 44.2 Å². The molecule has 1 atom stereocenters. The quantitative estimate of drug-likeness (QED) is 0.903. The zero-order valence-electron chi connectivity index (χ0n) is 14.1. The highest BCUT2D eigenvalue weighted by Gasteiger charge is 2.31. The third-order valence-corrected chi connectivity index (χ3v) is 5.25. The molecule has 0 bridgehead atoms. The maximum atomic E-state index is 12.8. The summed E-state index contributed by atoms with van der Waals surface area (Å²) in [6.45, 7) is 2.43. The molecule has 1 unspecified atom stereocenters. The Kier molecular flexibility index (Phi) is 4.29. The third-order valence-electron chi connectivity index (χ3n) is 5.25. The number of amides is 2. The van der Waals surface area contributed by atoms with Gasteiger partial charge in [0.15, 0.2) is 0 Å². The number of aromatic amines is 1. The van der Waals surface area contributed by atoms with Crippen LogP contribution >= 0.6 is 0 Å². The normalized spacial score (nSPS) is 20.4. The van der Waals surface area contributed by atoms with Crippen LogP contribution in [0.2, 0.25) is 0 Å². The second kappa shape index (κ2) is 6.74. The zero-order valence-corrected chi connectivity index (χ0v) is 14.1. The third kappa shape index (κ3) is 3.31. The number of carbonyl (C=O) groups is 2. The van der Waals surface area contributed by atoms with E-state index >= 15 is 0 Å². The summed E-state index contributed by atoms with van der Waals surface area (Å²) < 4.78 is 5.01. The fourth-order valence-corrected chi connectivity index (χ4v) is 3.73. The van der Waals surface area contributed by atoms with Crippen molar-refractivity contribution >= 4 is 11.8 Å². The van der Waals surface area contributed by atoms with Crippen LogP contribution in [0.3, 0.4) is 0 Å². The highest BCUT2D eigenvalue weighted by molar-refractivity contribution is 5.81. The van der Waals surface area contributed by atoms with E-state index in [1.54, 1.807) is 12.5 Å². The summed E-state index contributed by atoms with van der Waals surface area (Å²) in [5.41, 5.74) is 3.22. The molecular weight excluding hydrogens is 320 g/mol. The van der Waals surface area contributed by atoms with E-state index in [2.05, 4.69) is 10.2 Å². The van der Waals surface area contributed by atoms with Crippen molar-refractivity contribution in [3.63, 3.8) is 0 Å². The van der Waals surface area contributed by atoms with Crippen molar-refractivity contribution in [2.24, 2.45) is 5.92 Å². The Balaban J connectivity index is 1.30. The van der Waals surface area contributed by atoms with Crippen LogP contribution < -0.4 is 0 Å². The lowest BCUT2D eigenvalue weighted by molar-refractivity contribution is -0.142. The molecule has 2 aromatic rings. The van der Waals surface area contributed by atoms with Crippen molar-refractivity contribution in [2.75, 3.05) is 26.2 Å². The van der Waals surface area contributed by atoms with Gasteiger partial charge in [0.2, 0.25) is 11.8 Å². The topological polar surface area (TPSA) is 82.4 Å². The molecule has 4 rings (SSSR count). The van der Waals surface area contributed by atoms with Gasteiger partial charge in [-0.3, -0.25) is 14.7 Å². The SMILES string of the molecule is O=C(Cc1ccoc1)N1CCN(C(=O)C2CCc3cn[nH]c3C2)CC1. The van der Waals surface area contributed by atoms with Gasteiger partial charge in [-0.05, 0) is 30.0 Å². The number of rotatable bonds is 3. The highest BCUT2D eigenvalue weighted by Crippen LogP contribution is 2.25. The van der Waals surface area contributed by atoms with Crippen molar-refractivity contribution in [2.45, 2.75) is 25.7 Å². The van der Waals surface area contributed by atoms with Crippen LogP contribution in [-0.2, 0) is 28.9 Å². The summed E-state index contributed by atoms with van der Waals surface area (Å²) in [6, 6.07) is 1.81. The number of aromatic nitrogens is 2. The Hall–Kier alpha value is -2.57. The number of carbonyl (C=O) groups excluding carboxylic acids is 2. The van der Waals surface area contributed by atoms with Gasteiger partial charge in [0.1, 0.15) is 0 Å². The van der Waals surface area contributed by atoms with E-state index in [4.69, 9.17) is 4.42 Å². The fraction of sp³-hybridized carbons (Fsp3) is 0.500. The molecule has 2 amide bonds. The molecule has 1 saturated heterocycles. The maximum Gasteiger partial charge on any atom is 0.227 e. The lowest BCUT2D eigenvalue weighted by Crippen LogP contribution is -2.52. The van der Waals surface area contributed by atoms with Gasteiger partial charge >= 0.3 is 0 Å². The summed E-state index contributed by atoms with van der Waals surface area (Å²) in [4.78, 5) is 28.9. The Bertz CT molecular complexity index is 744. The molecular formula is C18H22N4O3. The van der Waals surface area contributed by atoms with E-state index in [0.717, 1.165) is 30.5 Å². The van der Waals surface area contributed by atoms with Gasteiger partial charge in [-0.1, -0.05) is 0 Å². The molecule has 1 N–H and O–H groups in total. The Morgan fingerprint density at radius 2 is 2.04 bits per heavy atom. The minimum absolute atomic E-state index is 0.0288. The van der Waals surface area contributed by atoms with Crippen LogP contribution in [0.1, 0.15) is 23.2 Å². The lowest BCUT2D eigenvalue weighted by atomic mass is 9.87. The second-order valence-electron chi connectivity index (χ2n) is 6.83. The standard InChI is InChI=1S/C18H22N4O3/c23-17(9-13-3-8-25-12-13)21-4-6-22(7-5-21)18(24)14-1-2-15-11-19-20-16(15)10-14/h3,8,11-12,14H,1-2,4-7,9-10H2,(H,19,20). The summed E-state index contributed by atoms with van der Waals surface area (Å²) in [6.07, 6.45) is 7.93. The van der Waals surface area contributed by atoms with E-state index in [0.29, 0.717) is 32.6 Å². The van der Waals surface area contributed by atoms with Gasteiger partial charge in [-0.2, -0.15) is 5.10 Å². The summed E-state index contributed by atoms with van der Waals surface area (Å²) in [7, 11) is 0. The molecule has 2 aromatic heterocycles. The van der Waals surface area contributed by atoms with E-state index in [-0.39, 0.29) is 17.7 Å². The molecule has 0 radical (unpaired) electrons. The number of nitrogens with zero attached hydrogens (tertiary/aromatic N) is 3. The van der Waals surface area contributed by atoms with Crippen LogP contribution in [0.25, 0.3) is 0 Å². The maximum absolute atomic E-state index is 12.8. The van der Waals surface area contributed by atoms with Crippen molar-refractivity contribution in [3.05, 3.63) is 41.6 Å². The first-order valence-corrected chi connectivity index (χ1v) is 8.79. The van der Waals surface area contributed by atoms with Crippen LogP contribution in [-0.4, -0.2) is 58.0 Å². The second-order valence-corrected chi connectivity index (χ2v) is 6.83. The monoisotopic (exact) mass is 342 g/mol. The zero-order chi connectivity index (χ0) is 17.2. The highest BCUT2D eigenvalue weighted by atomic mass is 16.3. The predicted molar refractivity (Wildman–Crippen MR) is 89.7 cm³/mol. The van der Waals surface area contributed by atoms with Gasteiger partial charge in [-0.25, -0.2) is 0 Å². The number of nitrogens with one attached hydrogen (secondary N) is 1. The smallest absolute Gasteiger partial charge is 0.227 e. The van der Waals surface area contributed by atoms with Gasteiger partial charge in [0.25, 0.3) is 0 Å². The summed E-state index contributed by atoms with van der Waals surface area (Å²) in [5, 5.41) is 7.08. The van der Waals surface area contributed by atoms with Crippen molar-refractivity contribution in [1.29, 1.82) is 0 Å². The molecule has 132 valence electrons. The largest absolute Gasteiger partial charge is 0.472 e. The van der Waals surface area contributed by atoms with Crippen LogP contribution in [0.5, 0.6) is 0 Å². The number of H-pyrrole nitrogens is 1. The molecule has 1 aliphatic heterocycles. The van der Waals surface area contributed by atoms with Gasteiger partial charge in [-0.15, -0.1) is 0 Å². The number of piperazine rings is 1. The molecule has 0 saturated carbocycles. The van der Waals surface area contributed by atoms with Gasteiger partial charge in [0.05, 0.1) is 25.1 Å². The van der Waals surface area contributed by atoms with E-state index in [1.165, 1.54) is 5.56 Å². The Morgan fingerprint density at radius 3 is 2.80 bits per heavy atom. The first-order valence-electron chi connectivity index (χ1n) is 8.79.